The summed E-state index contributed by atoms with van der Waals surface area (Å²) in [4.78, 5) is 61.0. The van der Waals surface area contributed by atoms with Crippen molar-refractivity contribution >= 4 is 40.4 Å². The number of esters is 1. The van der Waals surface area contributed by atoms with E-state index < -0.39 is 51.9 Å². The Hall–Kier alpha value is -5.30. The van der Waals surface area contributed by atoms with E-state index in [1.807, 2.05) is 60.7 Å². The summed E-state index contributed by atoms with van der Waals surface area (Å²) in [5, 5.41) is 1.48. The van der Waals surface area contributed by atoms with E-state index >= 15 is 0 Å². The van der Waals surface area contributed by atoms with Crippen molar-refractivity contribution in [2.45, 2.75) is 50.3 Å². The maximum atomic E-state index is 14.3. The lowest BCUT2D eigenvalue weighted by Gasteiger charge is -2.49. The molecular weight excluding hydrogens is 648 g/mol. The molecule has 2 fully saturated rings. The smallest absolute Gasteiger partial charge is 0.408 e. The lowest BCUT2D eigenvalue weighted by molar-refractivity contribution is -0.153. The number of nitrogens with one attached hydrogen (secondary N) is 1. The summed E-state index contributed by atoms with van der Waals surface area (Å²) < 4.78 is 30.3. The first kappa shape index (κ1) is 33.6. The Morgan fingerprint density at radius 1 is 1.00 bits per heavy atom. The molecule has 254 valence electrons. The van der Waals surface area contributed by atoms with Gasteiger partial charge in [-0.1, -0.05) is 60.7 Å². The van der Waals surface area contributed by atoms with Crippen LogP contribution < -0.4 is 15.0 Å². The predicted octanol–water partition coefficient (Wildman–Crippen LogP) is 4.16. The number of fused-ring (bicyclic) bond motifs is 1. The van der Waals surface area contributed by atoms with Crippen LogP contribution in [0.25, 0.3) is 0 Å². The Labute approximate surface area is 286 Å². The average Bonchev–Trinajstić information content (AvgIpc) is 3.45. The first-order valence-electron chi connectivity index (χ1n) is 15.7. The van der Waals surface area contributed by atoms with Crippen LogP contribution in [0, 0.1) is 0 Å². The second-order valence-corrected chi connectivity index (χ2v) is 14.2. The Morgan fingerprint density at radius 2 is 1.65 bits per heavy atom. The van der Waals surface area contributed by atoms with Crippen LogP contribution in [0.3, 0.4) is 0 Å². The van der Waals surface area contributed by atoms with Crippen LogP contribution >= 0.6 is 0 Å². The SMILES string of the molecule is COc1ccc(N2CC/C(=C\C3=C(C(=O)OC(c4ccccc4)c4ccccc4)N4C(=O)[C@@H](NC(=O)OC(C)(C)C)[C@H]4[S@](=O)C3)C2=O)cn1. The van der Waals surface area contributed by atoms with Crippen molar-refractivity contribution in [3.05, 3.63) is 113 Å². The van der Waals surface area contributed by atoms with E-state index in [1.54, 1.807) is 37.8 Å². The number of carbonyl (C=O) groups is 4. The number of hydrogen-bond donors (Lipinski definition) is 1. The monoisotopic (exact) mass is 684 g/mol. The third kappa shape index (κ3) is 6.98. The molecule has 49 heavy (non-hydrogen) atoms. The molecule has 3 aromatic rings. The fraction of sp³-hybridized carbons (Fsp3) is 0.306. The number of hydrogen-bond acceptors (Lipinski definition) is 9. The van der Waals surface area contributed by atoms with Gasteiger partial charge in [0, 0.05) is 18.2 Å². The minimum atomic E-state index is -1.75. The summed E-state index contributed by atoms with van der Waals surface area (Å²) in [6, 6.07) is 20.5. The average molecular weight is 685 g/mol. The third-order valence-corrected chi connectivity index (χ3v) is 9.78. The quantitative estimate of drug-likeness (QED) is 0.210. The summed E-state index contributed by atoms with van der Waals surface area (Å²) in [5.74, 6) is -1.55. The van der Waals surface area contributed by atoms with Gasteiger partial charge in [-0.05, 0) is 56.0 Å². The number of benzene rings is 2. The van der Waals surface area contributed by atoms with Crippen LogP contribution in [0.4, 0.5) is 10.5 Å². The van der Waals surface area contributed by atoms with Crippen molar-refractivity contribution in [3.8, 4) is 5.88 Å². The molecule has 1 aromatic heterocycles. The highest BCUT2D eigenvalue weighted by Crippen LogP contribution is 2.39. The molecule has 3 aliphatic heterocycles. The van der Waals surface area contributed by atoms with Crippen molar-refractivity contribution in [1.82, 2.24) is 15.2 Å². The third-order valence-electron chi connectivity index (χ3n) is 8.17. The Kier molecular flexibility index (Phi) is 9.37. The maximum Gasteiger partial charge on any atom is 0.408 e. The molecule has 3 aliphatic rings. The van der Waals surface area contributed by atoms with Gasteiger partial charge in [0.1, 0.15) is 22.7 Å². The van der Waals surface area contributed by atoms with E-state index in [-0.39, 0.29) is 22.9 Å². The molecule has 0 spiro atoms. The number of β-lactam (4-membered cyclic amide) rings is 1. The van der Waals surface area contributed by atoms with Crippen molar-refractivity contribution in [2.75, 3.05) is 24.3 Å². The summed E-state index contributed by atoms with van der Waals surface area (Å²) in [6.07, 6.45) is 1.72. The van der Waals surface area contributed by atoms with Gasteiger partial charge >= 0.3 is 12.1 Å². The van der Waals surface area contributed by atoms with E-state index in [4.69, 9.17) is 14.2 Å². The van der Waals surface area contributed by atoms with Gasteiger partial charge in [-0.3, -0.25) is 18.7 Å². The van der Waals surface area contributed by atoms with Gasteiger partial charge in [-0.15, -0.1) is 0 Å². The van der Waals surface area contributed by atoms with Crippen LogP contribution in [0.5, 0.6) is 5.88 Å². The number of ether oxygens (including phenoxy) is 3. The van der Waals surface area contributed by atoms with E-state index in [0.717, 1.165) is 4.90 Å². The largest absolute Gasteiger partial charge is 0.481 e. The summed E-state index contributed by atoms with van der Waals surface area (Å²) in [6.45, 7) is 5.40. The fourth-order valence-electron chi connectivity index (χ4n) is 5.94. The van der Waals surface area contributed by atoms with Gasteiger partial charge in [-0.2, -0.15) is 0 Å². The van der Waals surface area contributed by atoms with Crippen molar-refractivity contribution < 1.29 is 37.6 Å². The molecule has 0 bridgehead atoms. The van der Waals surface area contributed by atoms with E-state index in [0.29, 0.717) is 41.2 Å². The molecule has 12 nitrogen and oxygen atoms in total. The molecule has 13 heteroatoms. The number of methoxy groups -OCH3 is 1. The maximum absolute atomic E-state index is 14.3. The van der Waals surface area contributed by atoms with Gasteiger partial charge < -0.3 is 24.4 Å². The van der Waals surface area contributed by atoms with Crippen molar-refractivity contribution in [2.24, 2.45) is 0 Å². The molecule has 2 aromatic carbocycles. The first-order chi connectivity index (χ1) is 23.4. The van der Waals surface area contributed by atoms with Crippen LogP contribution in [0.15, 0.2) is 102 Å². The van der Waals surface area contributed by atoms with Gasteiger partial charge in [-0.25, -0.2) is 14.6 Å². The zero-order valence-corrected chi connectivity index (χ0v) is 28.3. The second kappa shape index (κ2) is 13.7. The Balaban J connectivity index is 1.36. The van der Waals surface area contributed by atoms with Crippen LogP contribution in [0.2, 0.25) is 0 Å². The minimum absolute atomic E-state index is 0.126. The molecule has 3 atom stereocenters. The lowest BCUT2D eigenvalue weighted by Crippen LogP contribution is -2.73. The molecule has 0 saturated carbocycles. The topological polar surface area (TPSA) is 144 Å². The molecular formula is C36H36N4O8S. The van der Waals surface area contributed by atoms with Crippen LogP contribution in [0.1, 0.15) is 44.4 Å². The number of nitrogens with zero attached hydrogens (tertiary/aromatic N) is 3. The number of aromatic nitrogens is 1. The number of alkyl carbamates (subject to hydrolysis) is 1. The number of anilines is 1. The molecule has 0 unspecified atom stereocenters. The number of pyridine rings is 1. The highest BCUT2D eigenvalue weighted by atomic mass is 32.2. The zero-order valence-electron chi connectivity index (χ0n) is 27.5. The van der Waals surface area contributed by atoms with E-state index in [2.05, 4.69) is 10.3 Å². The molecule has 0 aliphatic carbocycles. The number of allylic oxidation sites excluding steroid dienone is 1. The molecule has 1 N–H and O–H groups in total. The summed E-state index contributed by atoms with van der Waals surface area (Å²) in [7, 11) is -0.255. The summed E-state index contributed by atoms with van der Waals surface area (Å²) in [5.41, 5.74) is 1.60. The molecule has 2 saturated heterocycles. The number of amides is 3. The van der Waals surface area contributed by atoms with Gasteiger partial charge in [0.05, 0.1) is 35.5 Å². The van der Waals surface area contributed by atoms with Crippen LogP contribution in [-0.4, -0.2) is 74.4 Å². The second-order valence-electron chi connectivity index (χ2n) is 12.7. The van der Waals surface area contributed by atoms with Crippen molar-refractivity contribution in [3.63, 3.8) is 0 Å². The van der Waals surface area contributed by atoms with E-state index in [1.165, 1.54) is 19.4 Å². The highest BCUT2D eigenvalue weighted by molar-refractivity contribution is 7.86. The normalized spacial score (nSPS) is 21.4. The van der Waals surface area contributed by atoms with Crippen molar-refractivity contribution in [1.29, 1.82) is 0 Å². The van der Waals surface area contributed by atoms with Gasteiger partial charge in [0.25, 0.3) is 11.8 Å². The Bertz CT molecular complexity index is 1820. The molecule has 0 radical (unpaired) electrons. The minimum Gasteiger partial charge on any atom is -0.481 e. The molecule has 6 rings (SSSR count). The summed E-state index contributed by atoms with van der Waals surface area (Å²) >= 11 is 0. The molecule has 3 amide bonds. The molecule has 4 heterocycles. The number of carbonyl (C=O) groups excluding carboxylic acids is 4. The zero-order chi connectivity index (χ0) is 34.9. The fourth-order valence-corrected chi connectivity index (χ4v) is 7.57. The van der Waals surface area contributed by atoms with E-state index in [9.17, 15) is 23.4 Å². The standard InChI is InChI=1S/C36H36N4O8S/c1-36(2,3)48-35(44)38-28-32(42)40-29(34(43)47-30(22-11-7-5-8-12-22)23-13-9-6-10-14-23)25(21-49(45)33(28)40)19-24-17-18-39(31(24)41)26-15-16-27(46-4)37-20-26/h5-16,19-20,28,30,33H,17-18,21H2,1-4H3,(H,38,44)/b24-19+/t28-,33-,49-/m1/s1. The first-order valence-corrected chi connectivity index (χ1v) is 17.1. The Morgan fingerprint density at radius 3 is 2.22 bits per heavy atom. The number of rotatable bonds is 8. The lowest BCUT2D eigenvalue weighted by atomic mass is 10.00. The van der Waals surface area contributed by atoms with Gasteiger partial charge in [0.2, 0.25) is 5.88 Å². The predicted molar refractivity (Wildman–Crippen MR) is 180 cm³/mol. The highest BCUT2D eigenvalue weighted by Gasteiger charge is 2.58. The van der Waals surface area contributed by atoms with Crippen LogP contribution in [-0.2, 0) is 34.7 Å². The van der Waals surface area contributed by atoms with Gasteiger partial charge in [0.15, 0.2) is 6.10 Å².